The number of nitrogens with zero attached hydrogens (tertiary/aromatic N) is 1. The number of ketones is 2. The molecule has 1 heterocycles. The number of amides is 1. The van der Waals surface area contributed by atoms with Crippen LogP contribution in [-0.4, -0.2) is 56.2 Å². The van der Waals surface area contributed by atoms with E-state index in [1.54, 1.807) is 12.1 Å². The molecule has 1 aromatic rings. The molecule has 1 aliphatic heterocycles. The first-order chi connectivity index (χ1) is 11.4. The van der Waals surface area contributed by atoms with Crippen LogP contribution in [0.4, 0.5) is 0 Å². The van der Waals surface area contributed by atoms with Crippen molar-refractivity contribution in [3.63, 3.8) is 0 Å². The van der Waals surface area contributed by atoms with Gasteiger partial charge in [0.2, 0.25) is 11.2 Å². The van der Waals surface area contributed by atoms with Crippen LogP contribution in [0.1, 0.15) is 20.7 Å². The Kier molecular flexibility index (Phi) is 3.60. The topological polar surface area (TPSA) is 90.0 Å². The van der Waals surface area contributed by atoms with E-state index in [1.807, 2.05) is 0 Å². The number of fused-ring (bicyclic) bond motifs is 1. The minimum Gasteiger partial charge on any atom is -0.468 e. The number of esters is 1. The van der Waals surface area contributed by atoms with Gasteiger partial charge in [0.25, 0.3) is 5.91 Å². The third kappa shape index (κ3) is 1.75. The summed E-state index contributed by atoms with van der Waals surface area (Å²) in [7, 11) is 3.78. The molecule has 24 heavy (non-hydrogen) atoms. The second-order valence-corrected chi connectivity index (χ2v) is 5.62. The van der Waals surface area contributed by atoms with Gasteiger partial charge in [0.15, 0.2) is 5.78 Å². The Labute approximate surface area is 137 Å². The van der Waals surface area contributed by atoms with Crippen molar-refractivity contribution in [3.8, 4) is 0 Å². The van der Waals surface area contributed by atoms with Crippen molar-refractivity contribution in [3.05, 3.63) is 46.7 Å². The molecule has 0 saturated heterocycles. The van der Waals surface area contributed by atoms with E-state index >= 15 is 0 Å². The van der Waals surface area contributed by atoms with Gasteiger partial charge in [-0.05, 0) is 0 Å². The second-order valence-electron chi connectivity index (χ2n) is 5.62. The van der Waals surface area contributed by atoms with Crippen LogP contribution in [0.5, 0.6) is 0 Å². The first-order valence-corrected chi connectivity index (χ1v) is 7.20. The molecular formula is C17H15NO6. The predicted octanol–water partition coefficient (Wildman–Crippen LogP) is 0.597. The Morgan fingerprint density at radius 3 is 2.21 bits per heavy atom. The highest BCUT2D eigenvalue weighted by molar-refractivity contribution is 6.34. The minimum atomic E-state index is -1.96. The van der Waals surface area contributed by atoms with Crippen molar-refractivity contribution < 1.29 is 28.7 Å². The number of methoxy groups -OCH3 is 2. The molecule has 7 nitrogen and oxygen atoms in total. The van der Waals surface area contributed by atoms with Gasteiger partial charge < -0.3 is 14.4 Å². The first-order valence-electron chi connectivity index (χ1n) is 7.20. The summed E-state index contributed by atoms with van der Waals surface area (Å²) in [6, 6.07) is 6.27. The van der Waals surface area contributed by atoms with Crippen molar-refractivity contribution in [1.29, 1.82) is 0 Å². The van der Waals surface area contributed by atoms with Crippen molar-refractivity contribution >= 4 is 23.4 Å². The molecule has 0 spiro atoms. The zero-order chi connectivity index (χ0) is 17.6. The van der Waals surface area contributed by atoms with Gasteiger partial charge in [-0.3, -0.25) is 19.2 Å². The van der Waals surface area contributed by atoms with Crippen molar-refractivity contribution in [2.75, 3.05) is 27.9 Å². The number of allylic oxidation sites excluding steroid dienone is 1. The Morgan fingerprint density at radius 1 is 1.08 bits per heavy atom. The molecule has 2 aliphatic rings. The van der Waals surface area contributed by atoms with E-state index in [1.165, 1.54) is 26.3 Å². The molecule has 1 amide bonds. The lowest BCUT2D eigenvalue weighted by molar-refractivity contribution is -0.160. The molecule has 124 valence electrons. The van der Waals surface area contributed by atoms with E-state index in [9.17, 15) is 19.2 Å². The van der Waals surface area contributed by atoms with E-state index in [2.05, 4.69) is 0 Å². The standard InChI is InChI=1S/C17H15NO6/c1-18-12-11(17(8-23-2,15(18)21)16(22)24-3)13(19)9-6-4-5-7-10(9)14(12)20/h4-7H,8H2,1-3H3. The summed E-state index contributed by atoms with van der Waals surface area (Å²) in [5.41, 5.74) is -1.86. The molecule has 7 heteroatoms. The summed E-state index contributed by atoms with van der Waals surface area (Å²) in [6.07, 6.45) is 0. The maximum atomic E-state index is 13.0. The molecule has 1 atom stereocenters. The number of carbonyl (C=O) groups excluding carboxylic acids is 4. The predicted molar refractivity (Wildman–Crippen MR) is 81.2 cm³/mol. The van der Waals surface area contributed by atoms with Gasteiger partial charge in [-0.15, -0.1) is 0 Å². The molecule has 0 aromatic heterocycles. The number of likely N-dealkylation sites (N-methyl/N-ethyl adjacent to an activating group) is 1. The highest BCUT2D eigenvalue weighted by atomic mass is 16.5. The fourth-order valence-corrected chi connectivity index (χ4v) is 3.35. The lowest BCUT2D eigenvalue weighted by Crippen LogP contribution is -2.47. The van der Waals surface area contributed by atoms with Gasteiger partial charge in [-0.2, -0.15) is 0 Å². The summed E-state index contributed by atoms with van der Waals surface area (Å²) < 4.78 is 9.81. The minimum absolute atomic E-state index is 0.0915. The van der Waals surface area contributed by atoms with E-state index in [4.69, 9.17) is 9.47 Å². The van der Waals surface area contributed by atoms with Crippen molar-refractivity contribution in [1.82, 2.24) is 4.90 Å². The maximum Gasteiger partial charge on any atom is 0.328 e. The first kappa shape index (κ1) is 16.1. The van der Waals surface area contributed by atoms with Crippen LogP contribution in [0.3, 0.4) is 0 Å². The van der Waals surface area contributed by atoms with Crippen LogP contribution in [-0.2, 0) is 19.1 Å². The third-order valence-corrected chi connectivity index (χ3v) is 4.42. The lowest BCUT2D eigenvalue weighted by atomic mass is 9.74. The molecule has 0 bridgehead atoms. The molecule has 1 aliphatic carbocycles. The van der Waals surface area contributed by atoms with Crippen LogP contribution in [0.15, 0.2) is 35.5 Å². The molecule has 1 aromatic carbocycles. The zero-order valence-electron chi connectivity index (χ0n) is 13.4. The summed E-state index contributed by atoms with van der Waals surface area (Å²) >= 11 is 0. The highest BCUT2D eigenvalue weighted by Gasteiger charge is 2.63. The summed E-state index contributed by atoms with van der Waals surface area (Å²) in [5, 5.41) is 0. The van der Waals surface area contributed by atoms with Gasteiger partial charge in [-0.25, -0.2) is 0 Å². The average molecular weight is 329 g/mol. The van der Waals surface area contributed by atoms with Gasteiger partial charge in [0.1, 0.15) is 5.70 Å². The number of hydrogen-bond acceptors (Lipinski definition) is 6. The van der Waals surface area contributed by atoms with E-state index in [-0.39, 0.29) is 29.0 Å². The molecule has 0 fully saturated rings. The fourth-order valence-electron chi connectivity index (χ4n) is 3.35. The monoisotopic (exact) mass is 329 g/mol. The average Bonchev–Trinajstić information content (AvgIpc) is 2.82. The van der Waals surface area contributed by atoms with Gasteiger partial charge in [-0.1, -0.05) is 24.3 Å². The molecule has 0 radical (unpaired) electrons. The zero-order valence-corrected chi connectivity index (χ0v) is 13.4. The Morgan fingerprint density at radius 2 is 1.67 bits per heavy atom. The molecule has 0 N–H and O–H groups in total. The van der Waals surface area contributed by atoms with Crippen LogP contribution >= 0.6 is 0 Å². The van der Waals surface area contributed by atoms with Gasteiger partial charge in [0, 0.05) is 25.3 Å². The second kappa shape index (κ2) is 5.38. The SMILES string of the molecule is COCC1(C(=O)OC)C(=O)N(C)C2=C1C(=O)c1ccccc1C2=O. The number of ether oxygens (including phenoxy) is 2. The molecular weight excluding hydrogens is 314 g/mol. The molecule has 0 saturated carbocycles. The van der Waals surface area contributed by atoms with E-state index in [0.717, 1.165) is 12.0 Å². The summed E-state index contributed by atoms with van der Waals surface area (Å²) in [5.74, 6) is -2.65. The van der Waals surface area contributed by atoms with E-state index < -0.39 is 28.9 Å². The summed E-state index contributed by atoms with van der Waals surface area (Å²) in [6.45, 7) is -0.386. The highest BCUT2D eigenvalue weighted by Crippen LogP contribution is 2.46. The van der Waals surface area contributed by atoms with Crippen molar-refractivity contribution in [2.24, 2.45) is 5.41 Å². The normalized spacial score (nSPS) is 22.6. The Bertz CT molecular complexity index is 824. The Balaban J connectivity index is 2.33. The number of Topliss-reactive ketones (excluding diaryl/α,β-unsaturated/α-hetero) is 2. The number of carbonyl (C=O) groups is 4. The van der Waals surface area contributed by atoms with Crippen LogP contribution in [0.25, 0.3) is 0 Å². The smallest absolute Gasteiger partial charge is 0.328 e. The van der Waals surface area contributed by atoms with Crippen molar-refractivity contribution in [2.45, 2.75) is 0 Å². The van der Waals surface area contributed by atoms with E-state index in [0.29, 0.717) is 0 Å². The maximum absolute atomic E-state index is 13.0. The molecule has 3 rings (SSSR count). The molecule has 1 unspecified atom stereocenters. The van der Waals surface area contributed by atoms with Crippen LogP contribution in [0.2, 0.25) is 0 Å². The Hall–Kier alpha value is -2.80. The number of benzene rings is 1. The van der Waals surface area contributed by atoms with Gasteiger partial charge >= 0.3 is 5.97 Å². The summed E-state index contributed by atoms with van der Waals surface area (Å²) in [4.78, 5) is 52.1. The largest absolute Gasteiger partial charge is 0.468 e. The number of hydrogen-bond donors (Lipinski definition) is 0. The van der Waals surface area contributed by atoms with Crippen LogP contribution < -0.4 is 0 Å². The third-order valence-electron chi connectivity index (χ3n) is 4.42. The lowest BCUT2D eigenvalue weighted by Gasteiger charge is -2.26. The fraction of sp³-hybridized carbons (Fsp3) is 0.294. The number of rotatable bonds is 3. The quantitative estimate of drug-likeness (QED) is 0.596. The van der Waals surface area contributed by atoms with Crippen LogP contribution in [0, 0.1) is 5.41 Å². The van der Waals surface area contributed by atoms with Gasteiger partial charge in [0.05, 0.1) is 19.3 Å².